The smallest absolute Gasteiger partial charge is 0.402 e. The van der Waals surface area contributed by atoms with Crippen molar-refractivity contribution in [2.45, 2.75) is 38.5 Å². The van der Waals surface area contributed by atoms with Crippen molar-refractivity contribution in [1.29, 1.82) is 0 Å². The zero-order valence-corrected chi connectivity index (χ0v) is 10.7. The van der Waals surface area contributed by atoms with Gasteiger partial charge >= 0.3 is 12.1 Å². The summed E-state index contributed by atoms with van der Waals surface area (Å²) in [4.78, 5) is 19.3. The molecule has 0 saturated heterocycles. The summed E-state index contributed by atoms with van der Waals surface area (Å²) in [5.74, 6) is -0.635. The number of carboxylic acid groups (broad SMARTS) is 2. The van der Waals surface area contributed by atoms with Crippen LogP contribution < -0.4 is 5.73 Å². The Balaban J connectivity index is 0.000000300. The molecule has 1 aliphatic carbocycles. The molecule has 0 aliphatic heterocycles. The van der Waals surface area contributed by atoms with Crippen LogP contribution >= 0.6 is 0 Å². The van der Waals surface area contributed by atoms with Crippen molar-refractivity contribution in [3.05, 3.63) is 12.4 Å². The summed E-state index contributed by atoms with van der Waals surface area (Å²) in [6.45, 7) is 0. The van der Waals surface area contributed by atoms with E-state index in [-0.39, 0.29) is 5.92 Å². The number of H-pyrrole nitrogens is 1. The SMILES string of the molecule is NC(=O)O.O=C(O)C1CCCCCC1.c1cn[nH]n1. The minimum Gasteiger partial charge on any atom is -0.481 e. The number of hydrogen-bond donors (Lipinski definition) is 4. The number of aromatic nitrogens is 3. The highest BCUT2D eigenvalue weighted by Gasteiger charge is 2.18. The van der Waals surface area contributed by atoms with Crippen molar-refractivity contribution in [1.82, 2.24) is 15.4 Å². The monoisotopic (exact) mass is 272 g/mol. The molecule has 0 spiro atoms. The second kappa shape index (κ2) is 11.0. The number of aliphatic carboxylic acids is 1. The van der Waals surface area contributed by atoms with Crippen LogP contribution in [0, 0.1) is 5.92 Å². The van der Waals surface area contributed by atoms with Gasteiger partial charge in [0.05, 0.1) is 18.3 Å². The fourth-order valence-corrected chi connectivity index (χ4v) is 1.69. The van der Waals surface area contributed by atoms with Gasteiger partial charge in [-0.15, -0.1) is 0 Å². The van der Waals surface area contributed by atoms with Gasteiger partial charge in [0.1, 0.15) is 0 Å². The Hall–Kier alpha value is -2.12. The fourth-order valence-electron chi connectivity index (χ4n) is 1.69. The molecule has 0 radical (unpaired) electrons. The van der Waals surface area contributed by atoms with E-state index in [0.717, 1.165) is 25.7 Å². The number of carboxylic acids is 1. The molecule has 1 aliphatic rings. The van der Waals surface area contributed by atoms with E-state index in [2.05, 4.69) is 21.1 Å². The Bertz CT molecular complexity index is 313. The molecule has 0 unspecified atom stereocenters. The minimum atomic E-state index is -1.33. The lowest BCUT2D eigenvalue weighted by Crippen LogP contribution is -2.11. The Labute approximate surface area is 111 Å². The molecule has 1 heterocycles. The van der Waals surface area contributed by atoms with E-state index in [1.807, 2.05) is 0 Å². The van der Waals surface area contributed by atoms with Gasteiger partial charge in [-0.25, -0.2) is 4.79 Å². The molecular weight excluding hydrogens is 252 g/mol. The van der Waals surface area contributed by atoms with Crippen LogP contribution in [0.25, 0.3) is 0 Å². The predicted octanol–water partition coefficient (Wildman–Crippen LogP) is 1.47. The van der Waals surface area contributed by atoms with Gasteiger partial charge in [0.2, 0.25) is 0 Å². The van der Waals surface area contributed by atoms with E-state index in [4.69, 9.17) is 15.0 Å². The maximum absolute atomic E-state index is 10.5. The van der Waals surface area contributed by atoms with E-state index in [1.165, 1.54) is 12.8 Å². The Morgan fingerprint density at radius 2 is 1.47 bits per heavy atom. The van der Waals surface area contributed by atoms with Gasteiger partial charge in [0.25, 0.3) is 0 Å². The van der Waals surface area contributed by atoms with Gasteiger partial charge in [-0.1, -0.05) is 25.7 Å². The minimum absolute atomic E-state index is 0.0394. The van der Waals surface area contributed by atoms with Crippen LogP contribution in [0.1, 0.15) is 38.5 Å². The maximum Gasteiger partial charge on any atom is 0.402 e. The number of carbonyl (C=O) groups is 2. The molecule has 5 N–H and O–H groups in total. The van der Waals surface area contributed by atoms with Gasteiger partial charge in [-0.3, -0.25) is 4.79 Å². The molecule has 19 heavy (non-hydrogen) atoms. The van der Waals surface area contributed by atoms with Gasteiger partial charge in [-0.05, 0) is 12.8 Å². The molecule has 1 aromatic heterocycles. The van der Waals surface area contributed by atoms with Crippen LogP contribution in [-0.2, 0) is 4.79 Å². The average molecular weight is 272 g/mol. The lowest BCUT2D eigenvalue weighted by atomic mass is 10.0. The third-order valence-electron chi connectivity index (χ3n) is 2.54. The number of nitrogens with one attached hydrogen (secondary N) is 1. The third-order valence-corrected chi connectivity index (χ3v) is 2.54. The fraction of sp³-hybridized carbons (Fsp3) is 0.636. The zero-order valence-electron chi connectivity index (χ0n) is 10.7. The van der Waals surface area contributed by atoms with Crippen LogP contribution in [0.4, 0.5) is 4.79 Å². The first kappa shape index (κ1) is 16.9. The van der Waals surface area contributed by atoms with Gasteiger partial charge in [0.15, 0.2) is 0 Å². The maximum atomic E-state index is 10.5. The highest BCUT2D eigenvalue weighted by molar-refractivity contribution is 5.69. The zero-order chi connectivity index (χ0) is 14.5. The standard InChI is InChI=1S/C8H14O2.C2H3N3.CH3NO2/c9-8(10)7-5-3-1-2-4-6-7;1-2-4-5-3-1;2-1(3)4/h7H,1-6H2,(H,9,10);1-2H,(H,3,4,5);2H2,(H,3,4). The Morgan fingerprint density at radius 3 is 1.74 bits per heavy atom. The first-order valence-electron chi connectivity index (χ1n) is 6.05. The molecule has 2 rings (SSSR count). The van der Waals surface area contributed by atoms with E-state index < -0.39 is 12.1 Å². The number of primary amides is 1. The Kier molecular flexibility index (Phi) is 9.77. The molecule has 1 fully saturated rings. The molecule has 1 saturated carbocycles. The van der Waals surface area contributed by atoms with Crippen molar-refractivity contribution < 1.29 is 19.8 Å². The van der Waals surface area contributed by atoms with Crippen LogP contribution in [0.15, 0.2) is 12.4 Å². The number of hydrogen-bond acceptors (Lipinski definition) is 4. The summed E-state index contributed by atoms with van der Waals surface area (Å²) in [7, 11) is 0. The molecule has 0 aromatic carbocycles. The summed E-state index contributed by atoms with van der Waals surface area (Å²) in [6, 6.07) is 0. The molecule has 0 bridgehead atoms. The number of nitrogens with zero attached hydrogens (tertiary/aromatic N) is 2. The first-order chi connectivity index (χ1) is 9.04. The van der Waals surface area contributed by atoms with E-state index in [0.29, 0.717) is 0 Å². The van der Waals surface area contributed by atoms with Crippen molar-refractivity contribution in [3.63, 3.8) is 0 Å². The topological polar surface area (TPSA) is 142 Å². The summed E-state index contributed by atoms with van der Waals surface area (Å²) < 4.78 is 0. The quantitative estimate of drug-likeness (QED) is 0.570. The van der Waals surface area contributed by atoms with Gasteiger partial charge in [0, 0.05) is 0 Å². The number of aromatic amines is 1. The lowest BCUT2D eigenvalue weighted by molar-refractivity contribution is -0.142. The second-order valence-corrected chi connectivity index (χ2v) is 4.02. The van der Waals surface area contributed by atoms with Gasteiger partial charge < -0.3 is 15.9 Å². The highest BCUT2D eigenvalue weighted by atomic mass is 16.4. The van der Waals surface area contributed by atoms with Crippen molar-refractivity contribution in [2.75, 3.05) is 0 Å². The van der Waals surface area contributed by atoms with Crippen LogP contribution in [0.2, 0.25) is 0 Å². The molecule has 1 amide bonds. The normalized spacial score (nSPS) is 14.9. The summed E-state index contributed by atoms with van der Waals surface area (Å²) in [6.07, 6.45) is 8.30. The molecule has 1 aromatic rings. The molecule has 8 nitrogen and oxygen atoms in total. The second-order valence-electron chi connectivity index (χ2n) is 4.02. The molecule has 8 heteroatoms. The van der Waals surface area contributed by atoms with Gasteiger partial charge in [-0.2, -0.15) is 15.4 Å². The number of rotatable bonds is 1. The lowest BCUT2D eigenvalue weighted by Gasteiger charge is -2.05. The number of amides is 1. The van der Waals surface area contributed by atoms with Crippen molar-refractivity contribution in [3.8, 4) is 0 Å². The van der Waals surface area contributed by atoms with Crippen LogP contribution in [-0.4, -0.2) is 37.7 Å². The van der Waals surface area contributed by atoms with E-state index in [1.54, 1.807) is 12.4 Å². The molecule has 0 atom stereocenters. The predicted molar refractivity (Wildman–Crippen MR) is 67.4 cm³/mol. The van der Waals surface area contributed by atoms with Crippen LogP contribution in [0.3, 0.4) is 0 Å². The first-order valence-corrected chi connectivity index (χ1v) is 6.05. The van der Waals surface area contributed by atoms with Crippen molar-refractivity contribution >= 4 is 12.1 Å². The molecule has 108 valence electrons. The van der Waals surface area contributed by atoms with E-state index in [9.17, 15) is 4.79 Å². The molecular formula is C11H20N4O4. The average Bonchev–Trinajstić information content (AvgIpc) is 2.78. The van der Waals surface area contributed by atoms with Crippen LogP contribution in [0.5, 0.6) is 0 Å². The number of nitrogens with two attached hydrogens (primary N) is 1. The van der Waals surface area contributed by atoms with E-state index >= 15 is 0 Å². The summed E-state index contributed by atoms with van der Waals surface area (Å²) >= 11 is 0. The Morgan fingerprint density at radius 1 is 1.05 bits per heavy atom. The highest BCUT2D eigenvalue weighted by Crippen LogP contribution is 2.22. The summed E-state index contributed by atoms with van der Waals surface area (Å²) in [5.41, 5.74) is 4.03. The summed E-state index contributed by atoms with van der Waals surface area (Å²) in [5, 5.41) is 25.2. The third kappa shape index (κ3) is 12.1. The largest absolute Gasteiger partial charge is 0.481 e. The van der Waals surface area contributed by atoms with Crippen molar-refractivity contribution in [2.24, 2.45) is 11.7 Å².